The van der Waals surface area contributed by atoms with Crippen molar-refractivity contribution in [1.29, 1.82) is 0 Å². The van der Waals surface area contributed by atoms with Crippen LogP contribution in [0.5, 0.6) is 0 Å². The maximum absolute atomic E-state index is 12.0. The molecule has 1 amide bonds. The molecule has 0 aliphatic rings. The number of hydrogen-bond donors (Lipinski definition) is 2. The zero-order chi connectivity index (χ0) is 18.1. The average molecular weight is 397 g/mol. The topological polar surface area (TPSA) is 89.3 Å². The van der Waals surface area contributed by atoms with Gasteiger partial charge in [0.2, 0.25) is 5.91 Å². The second kappa shape index (κ2) is 10.8. The molecule has 0 bridgehead atoms. The van der Waals surface area contributed by atoms with E-state index in [4.69, 9.17) is 5.73 Å². The van der Waals surface area contributed by atoms with Gasteiger partial charge in [0.05, 0.1) is 5.75 Å². The molecule has 0 aliphatic heterocycles. The summed E-state index contributed by atoms with van der Waals surface area (Å²) in [6, 6.07) is 17.1. The normalized spacial score (nSPS) is 10.8. The molecule has 2 rings (SSSR count). The van der Waals surface area contributed by atoms with Crippen molar-refractivity contribution >= 4 is 33.8 Å². The van der Waals surface area contributed by atoms with Crippen LogP contribution in [0.3, 0.4) is 0 Å². The van der Waals surface area contributed by atoms with Crippen molar-refractivity contribution in [3.05, 3.63) is 65.7 Å². The number of carbonyl (C=O) groups excluding carboxylic acids is 1. The van der Waals surface area contributed by atoms with Crippen LogP contribution < -0.4 is 11.1 Å². The first-order valence-corrected chi connectivity index (χ1v) is 10.1. The van der Waals surface area contributed by atoms with Crippen molar-refractivity contribution in [1.82, 2.24) is 5.32 Å². The summed E-state index contributed by atoms with van der Waals surface area (Å²) in [6.07, 6.45) is 1.85. The molecule has 0 aliphatic carbocycles. The van der Waals surface area contributed by atoms with E-state index in [1.54, 1.807) is 12.1 Å². The van der Waals surface area contributed by atoms with Gasteiger partial charge in [0.15, 0.2) is 9.84 Å². The third kappa shape index (κ3) is 8.36. The Bertz CT molecular complexity index is 778. The number of benzene rings is 2. The van der Waals surface area contributed by atoms with Crippen molar-refractivity contribution in [2.45, 2.75) is 19.3 Å². The van der Waals surface area contributed by atoms with Gasteiger partial charge in [0.1, 0.15) is 5.75 Å². The van der Waals surface area contributed by atoms with Crippen LogP contribution >= 0.6 is 12.4 Å². The molecule has 0 saturated heterocycles. The summed E-state index contributed by atoms with van der Waals surface area (Å²) < 4.78 is 24.1. The summed E-state index contributed by atoms with van der Waals surface area (Å²) in [5.74, 6) is -0.883. The van der Waals surface area contributed by atoms with E-state index in [0.717, 1.165) is 11.1 Å². The monoisotopic (exact) mass is 396 g/mol. The predicted octanol–water partition coefficient (Wildman–Crippen LogP) is 2.40. The van der Waals surface area contributed by atoms with Crippen molar-refractivity contribution < 1.29 is 13.2 Å². The Morgan fingerprint density at radius 3 is 2.19 bits per heavy atom. The Morgan fingerprint density at radius 1 is 0.923 bits per heavy atom. The fraction of sp³-hybridized carbons (Fsp3) is 0.316. The van der Waals surface area contributed by atoms with Gasteiger partial charge in [0, 0.05) is 12.2 Å². The fourth-order valence-electron chi connectivity index (χ4n) is 2.49. The summed E-state index contributed by atoms with van der Waals surface area (Å²) >= 11 is 0. The number of nitrogen functional groups attached to an aromatic ring is 1. The molecule has 0 spiro atoms. The highest BCUT2D eigenvalue weighted by molar-refractivity contribution is 7.92. The minimum absolute atomic E-state index is 0. The maximum Gasteiger partial charge on any atom is 0.235 e. The number of halogens is 1. The number of nitrogens with one attached hydrogen (secondary N) is 1. The maximum atomic E-state index is 12.0. The van der Waals surface area contributed by atoms with Crippen molar-refractivity contribution in [2.75, 3.05) is 23.8 Å². The van der Waals surface area contributed by atoms with Crippen LogP contribution in [0, 0.1) is 0 Å². The molecule has 0 aromatic heterocycles. The van der Waals surface area contributed by atoms with Gasteiger partial charge in [-0.05, 0) is 42.5 Å². The summed E-state index contributed by atoms with van der Waals surface area (Å²) in [5, 5.41) is 2.66. The number of nitrogens with two attached hydrogens (primary N) is 1. The Kier molecular flexibility index (Phi) is 9.16. The van der Waals surface area contributed by atoms with Gasteiger partial charge in [-0.3, -0.25) is 4.79 Å². The molecular formula is C19H25ClN2O3S. The first kappa shape index (κ1) is 22.0. The molecule has 7 heteroatoms. The van der Waals surface area contributed by atoms with Gasteiger partial charge in [-0.2, -0.15) is 0 Å². The molecule has 0 saturated carbocycles. The van der Waals surface area contributed by atoms with Crippen LogP contribution in [-0.4, -0.2) is 32.4 Å². The van der Waals surface area contributed by atoms with Crippen LogP contribution in [0.2, 0.25) is 0 Å². The number of aryl methyl sites for hydroxylation is 1. The third-order valence-corrected chi connectivity index (χ3v) is 5.44. The standard InChI is InChI=1S/C19H24N2O3S.ClH/c20-18-10-8-17(9-11-18)12-13-21-19(22)15-25(23,24)14-4-7-16-5-2-1-3-6-16;/h1-3,5-6,8-11H,4,7,12-15,20H2,(H,21,22);1H. The predicted molar refractivity (Wildman–Crippen MR) is 108 cm³/mol. The summed E-state index contributed by atoms with van der Waals surface area (Å²) in [4.78, 5) is 11.8. The zero-order valence-corrected chi connectivity index (χ0v) is 16.2. The van der Waals surface area contributed by atoms with Crippen LogP contribution in [0.15, 0.2) is 54.6 Å². The lowest BCUT2D eigenvalue weighted by Gasteiger charge is -2.07. The number of rotatable bonds is 9. The van der Waals surface area contributed by atoms with E-state index in [-0.39, 0.29) is 18.2 Å². The fourth-order valence-corrected chi connectivity index (χ4v) is 3.72. The van der Waals surface area contributed by atoms with E-state index in [1.807, 2.05) is 42.5 Å². The van der Waals surface area contributed by atoms with Gasteiger partial charge >= 0.3 is 0 Å². The van der Waals surface area contributed by atoms with E-state index in [0.29, 0.717) is 31.5 Å². The molecule has 2 aromatic carbocycles. The Labute approximate surface area is 161 Å². The number of hydrogen-bond acceptors (Lipinski definition) is 4. The van der Waals surface area contributed by atoms with E-state index in [1.165, 1.54) is 0 Å². The Morgan fingerprint density at radius 2 is 1.54 bits per heavy atom. The molecular weight excluding hydrogens is 372 g/mol. The van der Waals surface area contributed by atoms with E-state index in [9.17, 15) is 13.2 Å². The van der Waals surface area contributed by atoms with Gasteiger partial charge in [0.25, 0.3) is 0 Å². The number of anilines is 1. The van der Waals surface area contributed by atoms with Crippen LogP contribution in [0.1, 0.15) is 17.5 Å². The highest BCUT2D eigenvalue weighted by Gasteiger charge is 2.16. The molecule has 0 fully saturated rings. The minimum Gasteiger partial charge on any atom is -0.399 e. The summed E-state index contributed by atoms with van der Waals surface area (Å²) in [6.45, 7) is 0.405. The summed E-state index contributed by atoms with van der Waals surface area (Å²) in [5.41, 5.74) is 8.45. The number of amides is 1. The molecule has 142 valence electrons. The first-order valence-electron chi connectivity index (χ1n) is 8.30. The zero-order valence-electron chi connectivity index (χ0n) is 14.6. The largest absolute Gasteiger partial charge is 0.399 e. The highest BCUT2D eigenvalue weighted by atomic mass is 35.5. The molecule has 0 unspecified atom stereocenters. The lowest BCUT2D eigenvalue weighted by atomic mass is 10.1. The summed E-state index contributed by atoms with van der Waals surface area (Å²) in [7, 11) is -3.38. The third-order valence-electron chi connectivity index (χ3n) is 3.83. The lowest BCUT2D eigenvalue weighted by Crippen LogP contribution is -2.32. The molecule has 0 atom stereocenters. The van der Waals surface area contributed by atoms with E-state index in [2.05, 4.69) is 5.32 Å². The molecule has 26 heavy (non-hydrogen) atoms. The van der Waals surface area contributed by atoms with Gasteiger partial charge in [-0.1, -0.05) is 42.5 Å². The first-order chi connectivity index (χ1) is 11.9. The molecule has 2 aromatic rings. The van der Waals surface area contributed by atoms with Crippen molar-refractivity contribution in [3.8, 4) is 0 Å². The number of sulfone groups is 1. The average Bonchev–Trinajstić information content (AvgIpc) is 2.57. The van der Waals surface area contributed by atoms with E-state index < -0.39 is 21.5 Å². The highest BCUT2D eigenvalue weighted by Crippen LogP contribution is 2.06. The van der Waals surface area contributed by atoms with E-state index >= 15 is 0 Å². The van der Waals surface area contributed by atoms with Crippen molar-refractivity contribution in [3.63, 3.8) is 0 Å². The van der Waals surface area contributed by atoms with Crippen LogP contribution in [0.4, 0.5) is 5.69 Å². The smallest absolute Gasteiger partial charge is 0.235 e. The molecule has 0 heterocycles. The molecule has 0 radical (unpaired) electrons. The quantitative estimate of drug-likeness (QED) is 0.637. The lowest BCUT2D eigenvalue weighted by molar-refractivity contribution is -0.118. The second-order valence-electron chi connectivity index (χ2n) is 6.02. The van der Waals surface area contributed by atoms with Gasteiger partial charge in [-0.25, -0.2) is 8.42 Å². The number of carbonyl (C=O) groups is 1. The second-order valence-corrected chi connectivity index (χ2v) is 8.21. The van der Waals surface area contributed by atoms with Crippen LogP contribution in [-0.2, 0) is 27.5 Å². The molecule has 5 nitrogen and oxygen atoms in total. The molecule has 3 N–H and O–H groups in total. The van der Waals surface area contributed by atoms with Gasteiger partial charge in [-0.15, -0.1) is 12.4 Å². The minimum atomic E-state index is -3.38. The van der Waals surface area contributed by atoms with Crippen LogP contribution in [0.25, 0.3) is 0 Å². The van der Waals surface area contributed by atoms with Gasteiger partial charge < -0.3 is 11.1 Å². The van der Waals surface area contributed by atoms with Crippen molar-refractivity contribution in [2.24, 2.45) is 0 Å². The Hall–Kier alpha value is -2.05. The SMILES string of the molecule is Cl.Nc1ccc(CCNC(=O)CS(=O)(=O)CCCc2ccccc2)cc1. The Balaban J connectivity index is 0.00000338.